The quantitative estimate of drug-likeness (QED) is 0.526. The largest absolute Gasteiger partial charge is 0.496 e. The summed E-state index contributed by atoms with van der Waals surface area (Å²) in [6.07, 6.45) is 1.82. The van der Waals surface area contributed by atoms with E-state index in [2.05, 4.69) is 20.5 Å². The number of alkyl halides is 2. The van der Waals surface area contributed by atoms with Crippen molar-refractivity contribution in [2.24, 2.45) is 7.05 Å². The molecular weight excluding hydrogens is 394 g/mol. The van der Waals surface area contributed by atoms with Gasteiger partial charge in [0.2, 0.25) is 0 Å². The van der Waals surface area contributed by atoms with E-state index < -0.39 is 12.3 Å². The maximum atomic E-state index is 13.7. The van der Waals surface area contributed by atoms with Crippen molar-refractivity contribution in [2.75, 3.05) is 7.11 Å². The van der Waals surface area contributed by atoms with Crippen LogP contribution in [-0.4, -0.2) is 37.4 Å². The molecule has 1 aromatic carbocycles. The molecule has 10 heteroatoms. The van der Waals surface area contributed by atoms with Crippen molar-refractivity contribution in [3.8, 4) is 17.0 Å². The molecule has 0 atom stereocenters. The number of benzene rings is 1. The van der Waals surface area contributed by atoms with Crippen LogP contribution in [0.2, 0.25) is 0 Å². The summed E-state index contributed by atoms with van der Waals surface area (Å²) in [6.45, 7) is 0.234. The van der Waals surface area contributed by atoms with Gasteiger partial charge in [0.15, 0.2) is 5.65 Å². The second-order valence-corrected chi connectivity index (χ2v) is 6.57. The second-order valence-electron chi connectivity index (χ2n) is 6.57. The van der Waals surface area contributed by atoms with Gasteiger partial charge in [-0.15, -0.1) is 0 Å². The minimum atomic E-state index is -2.81. The highest BCUT2D eigenvalue weighted by Crippen LogP contribution is 2.32. The van der Waals surface area contributed by atoms with E-state index in [1.807, 2.05) is 0 Å². The molecular formula is C20H18F2N6O2. The zero-order valence-corrected chi connectivity index (χ0v) is 16.2. The third-order valence-electron chi connectivity index (χ3n) is 4.56. The zero-order chi connectivity index (χ0) is 21.3. The maximum absolute atomic E-state index is 13.7. The van der Waals surface area contributed by atoms with E-state index in [-0.39, 0.29) is 29.1 Å². The Bertz CT molecular complexity index is 1220. The average Bonchev–Trinajstić information content (AvgIpc) is 3.37. The van der Waals surface area contributed by atoms with Crippen LogP contribution in [0.15, 0.2) is 48.9 Å². The van der Waals surface area contributed by atoms with E-state index in [0.717, 1.165) is 10.1 Å². The average molecular weight is 412 g/mol. The van der Waals surface area contributed by atoms with Crippen molar-refractivity contribution < 1.29 is 18.3 Å². The molecule has 3 heterocycles. The molecule has 0 aliphatic carbocycles. The fourth-order valence-corrected chi connectivity index (χ4v) is 3.14. The van der Waals surface area contributed by atoms with Crippen molar-refractivity contribution >= 4 is 11.6 Å². The van der Waals surface area contributed by atoms with Gasteiger partial charge in [-0.05, 0) is 18.2 Å². The lowest BCUT2D eigenvalue weighted by Gasteiger charge is -2.11. The minimum Gasteiger partial charge on any atom is -0.496 e. The van der Waals surface area contributed by atoms with Gasteiger partial charge in [-0.3, -0.25) is 9.48 Å². The molecule has 4 aromatic rings. The van der Waals surface area contributed by atoms with Gasteiger partial charge in [-0.1, -0.05) is 12.1 Å². The number of amides is 1. The molecule has 30 heavy (non-hydrogen) atoms. The number of hydrogen-bond acceptors (Lipinski definition) is 5. The van der Waals surface area contributed by atoms with Crippen molar-refractivity contribution in [3.63, 3.8) is 0 Å². The first-order chi connectivity index (χ1) is 14.5. The lowest BCUT2D eigenvalue weighted by Crippen LogP contribution is -2.22. The molecule has 0 unspecified atom stereocenters. The smallest absolute Gasteiger partial charge is 0.280 e. The molecule has 0 bridgehead atoms. The standard InChI is InChI=1S/C20H18F2N6O2/c1-27-11-12(9-24-27)8-23-20(29)14-10-25-28-16(18(21)22)7-15(26-19(14)28)13-5-3-4-6-17(13)30-2/h3-7,9-11,18H,8H2,1-2H3,(H,23,29). The Balaban J connectivity index is 1.76. The van der Waals surface area contributed by atoms with E-state index in [9.17, 15) is 13.6 Å². The van der Waals surface area contributed by atoms with Crippen LogP contribution >= 0.6 is 0 Å². The summed E-state index contributed by atoms with van der Waals surface area (Å²) in [4.78, 5) is 17.2. The summed E-state index contributed by atoms with van der Waals surface area (Å²) in [5, 5.41) is 10.7. The molecule has 1 N–H and O–H groups in total. The Labute approximate surface area is 170 Å². The Hall–Kier alpha value is -3.82. The molecule has 0 spiro atoms. The number of rotatable bonds is 6. The summed E-state index contributed by atoms with van der Waals surface area (Å²) in [6, 6.07) is 8.20. The van der Waals surface area contributed by atoms with Gasteiger partial charge in [0, 0.05) is 30.9 Å². The third kappa shape index (κ3) is 3.59. The first-order valence-corrected chi connectivity index (χ1v) is 9.04. The number of aryl methyl sites for hydroxylation is 1. The number of aromatic nitrogens is 5. The molecule has 0 aliphatic rings. The molecule has 0 aliphatic heterocycles. The second kappa shape index (κ2) is 7.90. The summed E-state index contributed by atoms with van der Waals surface area (Å²) in [7, 11) is 3.26. The number of hydrogen-bond donors (Lipinski definition) is 1. The van der Waals surface area contributed by atoms with Crippen LogP contribution in [-0.2, 0) is 13.6 Å². The SMILES string of the molecule is COc1ccccc1-c1cc(C(F)F)n2ncc(C(=O)NCc3cnn(C)c3)c2n1. The summed E-state index contributed by atoms with van der Waals surface area (Å²) >= 11 is 0. The Kier molecular flexibility index (Phi) is 5.13. The molecule has 0 saturated heterocycles. The van der Waals surface area contributed by atoms with Gasteiger partial charge in [0.05, 0.1) is 25.2 Å². The van der Waals surface area contributed by atoms with E-state index in [1.165, 1.54) is 19.4 Å². The fraction of sp³-hybridized carbons (Fsp3) is 0.200. The van der Waals surface area contributed by atoms with Gasteiger partial charge in [-0.2, -0.15) is 10.2 Å². The van der Waals surface area contributed by atoms with Gasteiger partial charge in [0.25, 0.3) is 12.3 Å². The van der Waals surface area contributed by atoms with E-state index in [1.54, 1.807) is 48.4 Å². The lowest BCUT2D eigenvalue weighted by molar-refractivity contribution is 0.0952. The number of ether oxygens (including phenoxy) is 1. The van der Waals surface area contributed by atoms with Crippen LogP contribution in [0.4, 0.5) is 8.78 Å². The number of halogens is 2. The van der Waals surface area contributed by atoms with Crippen LogP contribution in [0.25, 0.3) is 16.9 Å². The summed E-state index contributed by atoms with van der Waals surface area (Å²) in [5.41, 5.74) is 1.37. The van der Waals surface area contributed by atoms with Crippen molar-refractivity contribution in [2.45, 2.75) is 13.0 Å². The van der Waals surface area contributed by atoms with Crippen LogP contribution in [0.5, 0.6) is 5.75 Å². The number of nitrogens with one attached hydrogen (secondary N) is 1. The number of carbonyl (C=O) groups excluding carboxylic acids is 1. The Morgan fingerprint density at radius 3 is 2.73 bits per heavy atom. The molecule has 0 saturated carbocycles. The zero-order valence-electron chi connectivity index (χ0n) is 16.2. The predicted molar refractivity (Wildman–Crippen MR) is 104 cm³/mol. The van der Waals surface area contributed by atoms with Crippen LogP contribution in [0.1, 0.15) is 28.0 Å². The first kappa shape index (κ1) is 19.5. The van der Waals surface area contributed by atoms with Crippen LogP contribution in [0.3, 0.4) is 0 Å². The van der Waals surface area contributed by atoms with Crippen LogP contribution < -0.4 is 10.1 Å². The Morgan fingerprint density at radius 1 is 1.23 bits per heavy atom. The predicted octanol–water partition coefficient (Wildman–Crippen LogP) is 3.01. The van der Waals surface area contributed by atoms with Crippen molar-refractivity contribution in [3.05, 3.63) is 65.7 Å². The molecule has 3 aromatic heterocycles. The maximum Gasteiger partial charge on any atom is 0.280 e. The minimum absolute atomic E-state index is 0.0393. The molecule has 1 amide bonds. The molecule has 8 nitrogen and oxygen atoms in total. The van der Waals surface area contributed by atoms with Crippen molar-refractivity contribution in [1.82, 2.24) is 29.7 Å². The van der Waals surface area contributed by atoms with E-state index >= 15 is 0 Å². The number of methoxy groups -OCH3 is 1. The van der Waals surface area contributed by atoms with Gasteiger partial charge >= 0.3 is 0 Å². The third-order valence-corrected chi connectivity index (χ3v) is 4.56. The molecule has 154 valence electrons. The number of carbonyl (C=O) groups is 1. The normalized spacial score (nSPS) is 11.2. The summed E-state index contributed by atoms with van der Waals surface area (Å²) in [5.74, 6) is 0.00964. The number of nitrogens with zero attached hydrogens (tertiary/aromatic N) is 5. The highest BCUT2D eigenvalue weighted by atomic mass is 19.3. The van der Waals surface area contributed by atoms with E-state index in [0.29, 0.717) is 11.3 Å². The first-order valence-electron chi connectivity index (χ1n) is 9.04. The van der Waals surface area contributed by atoms with Crippen molar-refractivity contribution in [1.29, 1.82) is 0 Å². The van der Waals surface area contributed by atoms with E-state index in [4.69, 9.17) is 4.74 Å². The monoisotopic (exact) mass is 412 g/mol. The summed E-state index contributed by atoms with van der Waals surface area (Å²) < 4.78 is 35.4. The van der Waals surface area contributed by atoms with Gasteiger partial charge in [-0.25, -0.2) is 18.3 Å². The molecule has 0 fully saturated rings. The molecule has 4 rings (SSSR count). The van der Waals surface area contributed by atoms with Gasteiger partial charge < -0.3 is 10.1 Å². The highest BCUT2D eigenvalue weighted by molar-refractivity contribution is 5.99. The lowest BCUT2D eigenvalue weighted by atomic mass is 10.1. The number of fused-ring (bicyclic) bond motifs is 1. The fourth-order valence-electron chi connectivity index (χ4n) is 3.14. The topological polar surface area (TPSA) is 86.3 Å². The highest BCUT2D eigenvalue weighted by Gasteiger charge is 2.22. The van der Waals surface area contributed by atoms with Gasteiger partial charge in [0.1, 0.15) is 17.0 Å². The Morgan fingerprint density at radius 2 is 2.03 bits per heavy atom. The molecule has 0 radical (unpaired) electrons. The van der Waals surface area contributed by atoms with Crippen LogP contribution in [0, 0.1) is 0 Å². The number of para-hydroxylation sites is 1.